The molecule has 0 radical (unpaired) electrons. The molecule has 7 nitrogen and oxygen atoms in total. The minimum Gasteiger partial charge on any atom is -0.482 e. The molecule has 0 saturated carbocycles. The molecule has 2 aliphatic heterocycles. The molecule has 7 heteroatoms. The van der Waals surface area contributed by atoms with E-state index >= 15 is 0 Å². The van der Waals surface area contributed by atoms with Gasteiger partial charge < -0.3 is 24.7 Å². The van der Waals surface area contributed by atoms with Gasteiger partial charge in [-0.25, -0.2) is 0 Å². The van der Waals surface area contributed by atoms with Gasteiger partial charge in [0.2, 0.25) is 0 Å². The Morgan fingerprint density at radius 2 is 2.09 bits per heavy atom. The van der Waals surface area contributed by atoms with Crippen LogP contribution < -0.4 is 20.3 Å². The molecular weight excluding hydrogens is 406 g/mol. The van der Waals surface area contributed by atoms with E-state index in [1.165, 1.54) is 11.3 Å². The SMILES string of the molecule is CC(NC(=O)c1ccoc1CN1c2ccccc2CC1C)c1ccc2c(c1)NC(=O)CO2. The first-order valence-corrected chi connectivity index (χ1v) is 10.8. The average Bonchev–Trinajstić information content (AvgIpc) is 3.38. The smallest absolute Gasteiger partial charge is 0.262 e. The highest BCUT2D eigenvalue weighted by molar-refractivity contribution is 5.96. The van der Waals surface area contributed by atoms with Crippen molar-refractivity contribution in [1.82, 2.24) is 5.32 Å². The number of hydrogen-bond donors (Lipinski definition) is 2. The van der Waals surface area contributed by atoms with Crippen LogP contribution in [0.25, 0.3) is 0 Å². The Labute approximate surface area is 186 Å². The second kappa shape index (κ2) is 8.07. The van der Waals surface area contributed by atoms with Crippen LogP contribution in [-0.2, 0) is 17.8 Å². The molecule has 32 heavy (non-hydrogen) atoms. The predicted molar refractivity (Wildman–Crippen MR) is 121 cm³/mol. The summed E-state index contributed by atoms with van der Waals surface area (Å²) in [6.45, 7) is 4.64. The Balaban J connectivity index is 1.31. The number of ether oxygens (including phenoxy) is 1. The molecule has 5 rings (SSSR count). The molecule has 0 fully saturated rings. The maximum absolute atomic E-state index is 13.1. The Bertz CT molecular complexity index is 1190. The van der Waals surface area contributed by atoms with Crippen LogP contribution in [0.2, 0.25) is 0 Å². The number of furan rings is 1. The number of nitrogens with zero attached hydrogens (tertiary/aromatic N) is 1. The number of para-hydroxylation sites is 1. The van der Waals surface area contributed by atoms with E-state index in [1.54, 1.807) is 12.3 Å². The summed E-state index contributed by atoms with van der Waals surface area (Å²) in [7, 11) is 0. The van der Waals surface area contributed by atoms with Crippen molar-refractivity contribution in [2.75, 3.05) is 16.8 Å². The van der Waals surface area contributed by atoms with Gasteiger partial charge in [0.05, 0.1) is 30.1 Å². The second-order valence-electron chi connectivity index (χ2n) is 8.35. The summed E-state index contributed by atoms with van der Waals surface area (Å²) < 4.78 is 11.1. The minimum absolute atomic E-state index is 0.0159. The van der Waals surface area contributed by atoms with Gasteiger partial charge in [0.1, 0.15) is 11.5 Å². The van der Waals surface area contributed by atoms with E-state index in [0.29, 0.717) is 35.3 Å². The predicted octanol–water partition coefficient (Wildman–Crippen LogP) is 4.05. The van der Waals surface area contributed by atoms with E-state index in [4.69, 9.17) is 9.15 Å². The van der Waals surface area contributed by atoms with E-state index in [9.17, 15) is 9.59 Å². The maximum atomic E-state index is 13.1. The van der Waals surface area contributed by atoms with Crippen molar-refractivity contribution in [3.63, 3.8) is 0 Å². The zero-order valence-electron chi connectivity index (χ0n) is 18.1. The molecule has 2 aliphatic rings. The van der Waals surface area contributed by atoms with Gasteiger partial charge in [0, 0.05) is 11.7 Å². The van der Waals surface area contributed by atoms with Crippen molar-refractivity contribution < 1.29 is 18.7 Å². The van der Waals surface area contributed by atoms with Crippen molar-refractivity contribution in [1.29, 1.82) is 0 Å². The van der Waals surface area contributed by atoms with Crippen molar-refractivity contribution in [3.8, 4) is 5.75 Å². The quantitative estimate of drug-likeness (QED) is 0.637. The lowest BCUT2D eigenvalue weighted by molar-refractivity contribution is -0.118. The molecule has 0 spiro atoms. The van der Waals surface area contributed by atoms with Crippen LogP contribution in [0, 0.1) is 0 Å². The van der Waals surface area contributed by atoms with Crippen LogP contribution in [0.15, 0.2) is 59.2 Å². The standard InChI is InChI=1S/C25H25N3O4/c1-15-11-18-5-3-4-6-21(18)28(15)13-23-19(9-10-31-23)25(30)26-16(2)17-7-8-22-20(12-17)27-24(29)14-32-22/h3-10,12,15-16H,11,13-14H2,1-2H3,(H,26,30)(H,27,29). The van der Waals surface area contributed by atoms with Crippen molar-refractivity contribution in [3.05, 3.63) is 77.2 Å². The zero-order chi connectivity index (χ0) is 22.2. The van der Waals surface area contributed by atoms with Crippen LogP contribution >= 0.6 is 0 Å². The van der Waals surface area contributed by atoms with Crippen LogP contribution in [0.4, 0.5) is 11.4 Å². The molecule has 2 aromatic carbocycles. The third-order valence-corrected chi connectivity index (χ3v) is 6.14. The first kappa shape index (κ1) is 20.2. The van der Waals surface area contributed by atoms with Crippen LogP contribution in [-0.4, -0.2) is 24.5 Å². The Morgan fingerprint density at radius 1 is 1.25 bits per heavy atom. The monoisotopic (exact) mass is 431 g/mol. The van der Waals surface area contributed by atoms with E-state index in [-0.39, 0.29) is 24.5 Å². The summed E-state index contributed by atoms with van der Waals surface area (Å²) in [5.74, 6) is 0.889. The lowest BCUT2D eigenvalue weighted by Gasteiger charge is -2.24. The number of carbonyl (C=O) groups is 2. The first-order chi connectivity index (χ1) is 15.5. The van der Waals surface area contributed by atoms with Gasteiger partial charge in [-0.15, -0.1) is 0 Å². The van der Waals surface area contributed by atoms with Crippen molar-refractivity contribution in [2.45, 2.75) is 38.9 Å². The van der Waals surface area contributed by atoms with Gasteiger partial charge in [-0.1, -0.05) is 24.3 Å². The zero-order valence-corrected chi connectivity index (χ0v) is 18.1. The average molecular weight is 431 g/mol. The number of hydrogen-bond acceptors (Lipinski definition) is 5. The van der Waals surface area contributed by atoms with Crippen LogP contribution in [0.5, 0.6) is 5.75 Å². The fourth-order valence-electron chi connectivity index (χ4n) is 4.42. The Morgan fingerprint density at radius 3 is 2.97 bits per heavy atom. The minimum atomic E-state index is -0.263. The molecule has 3 aromatic rings. The summed E-state index contributed by atoms with van der Waals surface area (Å²) in [6, 6.07) is 15.7. The van der Waals surface area contributed by atoms with Gasteiger partial charge in [0.25, 0.3) is 11.8 Å². The molecule has 0 saturated heterocycles. The summed E-state index contributed by atoms with van der Waals surface area (Å²) in [5.41, 5.74) is 4.52. The number of amides is 2. The fourth-order valence-corrected chi connectivity index (χ4v) is 4.42. The molecule has 2 atom stereocenters. The number of fused-ring (bicyclic) bond motifs is 2. The molecule has 0 bridgehead atoms. The third-order valence-electron chi connectivity index (χ3n) is 6.14. The third kappa shape index (κ3) is 3.70. The van der Waals surface area contributed by atoms with Gasteiger partial charge in [-0.3, -0.25) is 9.59 Å². The Hall–Kier alpha value is -3.74. The molecule has 2 unspecified atom stereocenters. The topological polar surface area (TPSA) is 83.8 Å². The number of anilines is 2. The van der Waals surface area contributed by atoms with Gasteiger partial charge in [0.15, 0.2) is 6.61 Å². The summed E-state index contributed by atoms with van der Waals surface area (Å²) in [4.78, 5) is 26.9. The summed E-state index contributed by atoms with van der Waals surface area (Å²) in [5, 5.41) is 5.84. The van der Waals surface area contributed by atoms with Gasteiger partial charge in [-0.05, 0) is 55.7 Å². The molecule has 3 heterocycles. The molecule has 2 N–H and O–H groups in total. The van der Waals surface area contributed by atoms with Gasteiger partial charge in [-0.2, -0.15) is 0 Å². The van der Waals surface area contributed by atoms with E-state index in [1.807, 2.05) is 31.2 Å². The highest BCUT2D eigenvalue weighted by Gasteiger charge is 2.28. The van der Waals surface area contributed by atoms with Crippen molar-refractivity contribution in [2.24, 2.45) is 0 Å². The number of carbonyl (C=O) groups excluding carboxylic acids is 2. The highest BCUT2D eigenvalue weighted by atomic mass is 16.5. The lowest BCUT2D eigenvalue weighted by atomic mass is 10.1. The van der Waals surface area contributed by atoms with Crippen LogP contribution in [0.1, 0.15) is 47.1 Å². The van der Waals surface area contributed by atoms with E-state index < -0.39 is 0 Å². The van der Waals surface area contributed by atoms with Crippen molar-refractivity contribution >= 4 is 23.2 Å². The normalized spacial score (nSPS) is 17.8. The van der Waals surface area contributed by atoms with Crippen LogP contribution in [0.3, 0.4) is 0 Å². The molecule has 0 aliphatic carbocycles. The first-order valence-electron chi connectivity index (χ1n) is 10.8. The van der Waals surface area contributed by atoms with E-state index in [0.717, 1.165) is 12.0 Å². The van der Waals surface area contributed by atoms with E-state index in [2.05, 4.69) is 40.7 Å². The molecule has 2 amide bonds. The number of rotatable bonds is 5. The summed E-state index contributed by atoms with van der Waals surface area (Å²) in [6.07, 6.45) is 2.54. The molecule has 1 aromatic heterocycles. The summed E-state index contributed by atoms with van der Waals surface area (Å²) >= 11 is 0. The maximum Gasteiger partial charge on any atom is 0.262 e. The molecular formula is C25H25N3O4. The molecule has 164 valence electrons. The largest absolute Gasteiger partial charge is 0.482 e. The number of nitrogens with one attached hydrogen (secondary N) is 2. The second-order valence-corrected chi connectivity index (χ2v) is 8.35. The van der Waals surface area contributed by atoms with Gasteiger partial charge >= 0.3 is 0 Å². The fraction of sp³-hybridized carbons (Fsp3) is 0.280. The lowest BCUT2D eigenvalue weighted by Crippen LogP contribution is -2.31. The Kier molecular flexibility index (Phi) is 5.09. The highest BCUT2D eigenvalue weighted by Crippen LogP contribution is 2.34. The number of benzene rings is 2.